The molecule has 0 aromatic heterocycles. The van der Waals surface area contributed by atoms with Crippen molar-refractivity contribution in [3.05, 3.63) is 29.8 Å². The largest absolute Gasteiger partial charge is 0.462 e. The maximum absolute atomic E-state index is 12.0. The Morgan fingerprint density at radius 2 is 1.91 bits per heavy atom. The van der Waals surface area contributed by atoms with E-state index in [9.17, 15) is 4.79 Å². The van der Waals surface area contributed by atoms with Crippen molar-refractivity contribution >= 4 is 31.0 Å². The molecule has 0 aliphatic carbocycles. The minimum atomic E-state index is -0.277. The maximum Gasteiger partial charge on any atom is 0.339 e. The van der Waals surface area contributed by atoms with Crippen molar-refractivity contribution < 1.29 is 9.53 Å². The van der Waals surface area contributed by atoms with Crippen LogP contribution in [0.4, 0.5) is 0 Å². The number of esters is 1. The number of halogens is 1. The summed E-state index contributed by atoms with van der Waals surface area (Å²) in [6.45, 7) is 6.05. The van der Waals surface area contributed by atoms with Crippen LogP contribution in [0.25, 0.3) is 0 Å². The van der Waals surface area contributed by atoms with Crippen LogP contribution in [0.3, 0.4) is 0 Å². The normalized spacial score (nSPS) is 22.0. The van der Waals surface area contributed by atoms with Gasteiger partial charge in [-0.25, -0.2) is 4.79 Å². The van der Waals surface area contributed by atoms with Crippen LogP contribution in [0.1, 0.15) is 49.9 Å². The van der Waals surface area contributed by atoms with Crippen LogP contribution in [0.2, 0.25) is 0 Å². The van der Waals surface area contributed by atoms with Crippen LogP contribution in [0.15, 0.2) is 29.2 Å². The number of thiol groups is 1. The zero-order chi connectivity index (χ0) is 15.2. The zero-order valence-electron chi connectivity index (χ0n) is 13.3. The van der Waals surface area contributed by atoms with Gasteiger partial charge in [-0.3, -0.25) is 4.90 Å². The highest BCUT2D eigenvalue weighted by Crippen LogP contribution is 2.22. The smallest absolute Gasteiger partial charge is 0.339 e. The molecular formula is C17H26ClNO2S. The number of carbonyl (C=O) groups is 1. The number of ether oxygens (including phenoxy) is 1. The molecule has 0 spiro atoms. The average Bonchev–Trinajstić information content (AvgIpc) is 2.46. The first kappa shape index (κ1) is 19.3. The van der Waals surface area contributed by atoms with E-state index < -0.39 is 0 Å². The molecule has 1 saturated heterocycles. The van der Waals surface area contributed by atoms with Gasteiger partial charge in [0.25, 0.3) is 0 Å². The lowest BCUT2D eigenvalue weighted by molar-refractivity contribution is 0.0446. The van der Waals surface area contributed by atoms with E-state index >= 15 is 0 Å². The first-order valence-corrected chi connectivity index (χ1v) is 8.25. The maximum atomic E-state index is 12.0. The van der Waals surface area contributed by atoms with Crippen LogP contribution in [-0.4, -0.2) is 36.1 Å². The highest BCUT2D eigenvalue weighted by Gasteiger charge is 2.23. The molecule has 1 heterocycles. The van der Waals surface area contributed by atoms with Crippen molar-refractivity contribution in [1.29, 1.82) is 0 Å². The molecule has 2 rings (SSSR count). The highest BCUT2D eigenvalue weighted by molar-refractivity contribution is 7.80. The van der Waals surface area contributed by atoms with E-state index in [0.29, 0.717) is 29.1 Å². The molecule has 2 unspecified atom stereocenters. The Labute approximate surface area is 145 Å². The van der Waals surface area contributed by atoms with Crippen LogP contribution < -0.4 is 0 Å². The molecule has 1 aliphatic rings. The molecule has 0 amide bonds. The minimum absolute atomic E-state index is 0. The average molecular weight is 344 g/mol. The van der Waals surface area contributed by atoms with Crippen molar-refractivity contribution in [3.63, 3.8) is 0 Å². The second-order valence-corrected chi connectivity index (χ2v) is 6.36. The van der Waals surface area contributed by atoms with Gasteiger partial charge in [-0.2, -0.15) is 0 Å². The topological polar surface area (TPSA) is 29.5 Å². The van der Waals surface area contributed by atoms with Crippen molar-refractivity contribution in [1.82, 2.24) is 4.90 Å². The number of likely N-dealkylation sites (tertiary alicyclic amines) is 1. The number of hydrogen-bond acceptors (Lipinski definition) is 4. The van der Waals surface area contributed by atoms with E-state index in [1.54, 1.807) is 12.1 Å². The Kier molecular flexibility index (Phi) is 8.29. The van der Waals surface area contributed by atoms with Crippen molar-refractivity contribution in [2.24, 2.45) is 0 Å². The van der Waals surface area contributed by atoms with Crippen molar-refractivity contribution in [2.75, 3.05) is 13.2 Å². The van der Waals surface area contributed by atoms with Gasteiger partial charge in [0.15, 0.2) is 0 Å². The molecule has 2 atom stereocenters. The third kappa shape index (κ3) is 5.18. The van der Waals surface area contributed by atoms with E-state index in [4.69, 9.17) is 4.74 Å². The van der Waals surface area contributed by atoms with Crippen LogP contribution in [0.5, 0.6) is 0 Å². The molecule has 1 aromatic carbocycles. The number of piperidine rings is 1. The van der Waals surface area contributed by atoms with Crippen LogP contribution in [-0.2, 0) is 4.74 Å². The van der Waals surface area contributed by atoms with Gasteiger partial charge in [0, 0.05) is 23.5 Å². The summed E-state index contributed by atoms with van der Waals surface area (Å²) < 4.78 is 5.36. The molecule has 0 saturated carbocycles. The fourth-order valence-electron chi connectivity index (χ4n) is 3.05. The molecule has 22 heavy (non-hydrogen) atoms. The molecule has 0 bridgehead atoms. The summed E-state index contributed by atoms with van der Waals surface area (Å²) in [4.78, 5) is 15.2. The first-order chi connectivity index (χ1) is 10.1. The summed E-state index contributed by atoms with van der Waals surface area (Å²) in [6.07, 6.45) is 4.76. The van der Waals surface area contributed by atoms with Crippen LogP contribution >= 0.6 is 25.0 Å². The summed E-state index contributed by atoms with van der Waals surface area (Å²) in [5.74, 6) is -0.277. The summed E-state index contributed by atoms with van der Waals surface area (Å²) in [6, 6.07) is 8.52. The Hall–Kier alpha value is -0.710. The summed E-state index contributed by atoms with van der Waals surface area (Å²) in [5, 5.41) is 0. The van der Waals surface area contributed by atoms with E-state index in [-0.39, 0.29) is 18.4 Å². The van der Waals surface area contributed by atoms with Crippen molar-refractivity contribution in [3.8, 4) is 0 Å². The number of nitrogens with zero attached hydrogens (tertiary/aromatic N) is 1. The lowest BCUT2D eigenvalue weighted by Gasteiger charge is -2.38. The van der Waals surface area contributed by atoms with Gasteiger partial charge in [0.05, 0.1) is 12.2 Å². The number of carbonyl (C=O) groups excluding carboxylic acids is 1. The van der Waals surface area contributed by atoms with Gasteiger partial charge in [0.2, 0.25) is 0 Å². The first-order valence-electron chi connectivity index (χ1n) is 7.80. The van der Waals surface area contributed by atoms with Gasteiger partial charge in [-0.1, -0.05) is 18.6 Å². The molecular weight excluding hydrogens is 318 g/mol. The number of hydrogen-bond donors (Lipinski definition) is 1. The SMILES string of the molecule is CC1CCCC(C)N1CCCOC(=O)c1ccccc1S.Cl. The Balaban J connectivity index is 0.00000242. The van der Waals surface area contributed by atoms with E-state index in [1.165, 1.54) is 19.3 Å². The second-order valence-electron chi connectivity index (χ2n) is 5.87. The molecule has 0 N–H and O–H groups in total. The van der Waals surface area contributed by atoms with Gasteiger partial charge in [-0.15, -0.1) is 25.0 Å². The molecule has 3 nitrogen and oxygen atoms in total. The molecule has 1 aliphatic heterocycles. The fraction of sp³-hybridized carbons (Fsp3) is 0.588. The molecule has 5 heteroatoms. The lowest BCUT2D eigenvalue weighted by Crippen LogP contribution is -2.44. The Bertz CT molecular complexity index is 473. The van der Waals surface area contributed by atoms with Crippen molar-refractivity contribution in [2.45, 2.75) is 56.5 Å². The van der Waals surface area contributed by atoms with Gasteiger partial charge < -0.3 is 4.74 Å². The number of rotatable bonds is 5. The predicted molar refractivity (Wildman–Crippen MR) is 95.3 cm³/mol. The molecule has 1 fully saturated rings. The minimum Gasteiger partial charge on any atom is -0.462 e. The Morgan fingerprint density at radius 1 is 1.27 bits per heavy atom. The predicted octanol–water partition coefficient (Wildman–Crippen LogP) is 4.21. The van der Waals surface area contributed by atoms with Crippen LogP contribution in [0, 0.1) is 0 Å². The fourth-order valence-corrected chi connectivity index (χ4v) is 3.30. The number of benzene rings is 1. The van der Waals surface area contributed by atoms with Gasteiger partial charge in [0.1, 0.15) is 0 Å². The monoisotopic (exact) mass is 343 g/mol. The lowest BCUT2D eigenvalue weighted by atomic mass is 9.97. The highest BCUT2D eigenvalue weighted by atomic mass is 35.5. The van der Waals surface area contributed by atoms with Gasteiger partial charge >= 0.3 is 5.97 Å². The summed E-state index contributed by atoms with van der Waals surface area (Å²) in [7, 11) is 0. The molecule has 124 valence electrons. The van der Waals surface area contributed by atoms with E-state index in [0.717, 1.165) is 13.0 Å². The molecule has 1 aromatic rings. The third-order valence-corrected chi connectivity index (χ3v) is 4.68. The standard InChI is InChI=1S/C17H25NO2S.ClH/c1-13-7-5-8-14(2)18(13)11-6-12-20-17(19)15-9-3-4-10-16(15)21;/h3-4,9-10,13-14,21H,5-8,11-12H2,1-2H3;1H. The second kappa shape index (κ2) is 9.43. The van der Waals surface area contributed by atoms with E-state index in [1.807, 2.05) is 12.1 Å². The zero-order valence-corrected chi connectivity index (χ0v) is 15.0. The Morgan fingerprint density at radius 3 is 2.55 bits per heavy atom. The third-order valence-electron chi connectivity index (χ3n) is 4.29. The summed E-state index contributed by atoms with van der Waals surface area (Å²) in [5.41, 5.74) is 0.542. The summed E-state index contributed by atoms with van der Waals surface area (Å²) >= 11 is 4.28. The van der Waals surface area contributed by atoms with Gasteiger partial charge in [-0.05, 0) is 45.2 Å². The van der Waals surface area contributed by atoms with E-state index in [2.05, 4.69) is 31.4 Å². The quantitative estimate of drug-likeness (QED) is 0.493. The molecule has 0 radical (unpaired) electrons.